The Morgan fingerprint density at radius 1 is 0.846 bits per heavy atom. The van der Waals surface area contributed by atoms with Crippen LogP contribution in [0.2, 0.25) is 0 Å². The molecule has 0 bridgehead atoms. The van der Waals surface area contributed by atoms with Crippen molar-refractivity contribution in [2.75, 3.05) is 31.8 Å². The number of hydrogen-bond acceptors (Lipinski definition) is 4. The zero-order chi connectivity index (χ0) is 18.9. The second-order valence-electron chi connectivity index (χ2n) is 6.70. The second kappa shape index (κ2) is 9.95. The molecule has 0 atom stereocenters. The summed E-state index contributed by atoms with van der Waals surface area (Å²) in [5, 5.41) is 0. The van der Waals surface area contributed by atoms with Crippen LogP contribution in [0.3, 0.4) is 0 Å². The molecule has 0 saturated carbocycles. The second-order valence-corrected chi connectivity index (χ2v) is 6.70. The zero-order valence-electron chi connectivity index (χ0n) is 16.6. The van der Waals surface area contributed by atoms with E-state index in [0.717, 1.165) is 36.1 Å². The van der Waals surface area contributed by atoms with Crippen molar-refractivity contribution in [3.8, 4) is 17.2 Å². The minimum atomic E-state index is 0.524. The van der Waals surface area contributed by atoms with Crippen LogP contribution in [0, 0.1) is 5.92 Å². The summed E-state index contributed by atoms with van der Waals surface area (Å²) in [4.78, 5) is 2.18. The fourth-order valence-corrected chi connectivity index (χ4v) is 2.64. The fraction of sp³-hybridized carbons (Fsp3) is 0.455. The van der Waals surface area contributed by atoms with Crippen LogP contribution in [-0.2, 0) is 6.54 Å². The van der Waals surface area contributed by atoms with Crippen molar-refractivity contribution in [1.82, 2.24) is 0 Å². The molecule has 0 aliphatic carbocycles. The van der Waals surface area contributed by atoms with Crippen LogP contribution in [-0.4, -0.2) is 26.9 Å². The summed E-state index contributed by atoms with van der Waals surface area (Å²) in [5.41, 5.74) is 2.24. The molecule has 142 valence electrons. The third-order valence-corrected chi connectivity index (χ3v) is 3.88. The normalized spacial score (nSPS) is 10.7. The first kappa shape index (κ1) is 20.0. The van der Waals surface area contributed by atoms with Gasteiger partial charge in [0.25, 0.3) is 0 Å². The largest absolute Gasteiger partial charge is 0.494 e. The van der Waals surface area contributed by atoms with Crippen LogP contribution < -0.4 is 19.1 Å². The monoisotopic (exact) mass is 357 g/mol. The average molecular weight is 357 g/mol. The predicted octanol–water partition coefficient (Wildman–Crippen LogP) is 5.16. The molecule has 0 aromatic heterocycles. The quantitative estimate of drug-likeness (QED) is 0.588. The number of ether oxygens (including phenoxy) is 3. The lowest BCUT2D eigenvalue weighted by atomic mass is 10.2. The molecule has 0 fully saturated rings. The van der Waals surface area contributed by atoms with Crippen LogP contribution in [0.25, 0.3) is 0 Å². The standard InChI is InChI=1S/C22H31NO3/c1-6-24-20-12-13-22(25-7-2)21(14-20)23(5)15-18-8-10-19(11-9-18)26-16-17(3)4/h8-14,17H,6-7,15-16H2,1-5H3. The van der Waals surface area contributed by atoms with Gasteiger partial charge in [-0.15, -0.1) is 0 Å². The molecule has 0 unspecified atom stereocenters. The summed E-state index contributed by atoms with van der Waals surface area (Å²) < 4.78 is 17.2. The van der Waals surface area contributed by atoms with E-state index >= 15 is 0 Å². The van der Waals surface area contributed by atoms with E-state index in [9.17, 15) is 0 Å². The maximum absolute atomic E-state index is 5.79. The molecule has 0 aliphatic rings. The van der Waals surface area contributed by atoms with Crippen molar-refractivity contribution in [2.24, 2.45) is 5.92 Å². The molecule has 0 heterocycles. The van der Waals surface area contributed by atoms with Gasteiger partial charge in [0.15, 0.2) is 0 Å². The van der Waals surface area contributed by atoms with Gasteiger partial charge in [0.2, 0.25) is 0 Å². The van der Waals surface area contributed by atoms with Gasteiger partial charge in [-0.2, -0.15) is 0 Å². The molecule has 2 aromatic carbocycles. The molecule has 26 heavy (non-hydrogen) atoms. The van der Waals surface area contributed by atoms with Gasteiger partial charge in [-0.3, -0.25) is 0 Å². The van der Waals surface area contributed by atoms with E-state index in [1.54, 1.807) is 0 Å². The number of nitrogens with zero attached hydrogens (tertiary/aromatic N) is 1. The molecule has 0 radical (unpaired) electrons. The van der Waals surface area contributed by atoms with E-state index in [-0.39, 0.29) is 0 Å². The van der Waals surface area contributed by atoms with Gasteiger partial charge in [0, 0.05) is 19.7 Å². The molecule has 4 heteroatoms. The Bertz CT molecular complexity index is 668. The van der Waals surface area contributed by atoms with Gasteiger partial charge in [-0.25, -0.2) is 0 Å². The van der Waals surface area contributed by atoms with E-state index in [2.05, 4.69) is 37.9 Å². The fourth-order valence-electron chi connectivity index (χ4n) is 2.64. The Morgan fingerprint density at radius 2 is 1.50 bits per heavy atom. The molecule has 4 nitrogen and oxygen atoms in total. The summed E-state index contributed by atoms with van der Waals surface area (Å²) in [6.45, 7) is 11.1. The maximum Gasteiger partial charge on any atom is 0.142 e. The Balaban J connectivity index is 2.10. The summed E-state index contributed by atoms with van der Waals surface area (Å²) in [5.74, 6) is 3.17. The van der Waals surface area contributed by atoms with Crippen LogP contribution in [0.15, 0.2) is 42.5 Å². The molecule has 0 amide bonds. The number of rotatable bonds is 10. The molecule has 0 saturated heterocycles. The Kier molecular flexibility index (Phi) is 7.64. The first-order valence-corrected chi connectivity index (χ1v) is 9.36. The van der Waals surface area contributed by atoms with Crippen molar-refractivity contribution in [2.45, 2.75) is 34.2 Å². The lowest BCUT2D eigenvalue weighted by Crippen LogP contribution is -2.17. The molecular weight excluding hydrogens is 326 g/mol. The molecule has 2 aromatic rings. The average Bonchev–Trinajstić information content (AvgIpc) is 2.62. The molecule has 0 N–H and O–H groups in total. The summed E-state index contributed by atoms with van der Waals surface area (Å²) in [6.07, 6.45) is 0. The Labute approximate surface area is 157 Å². The van der Waals surface area contributed by atoms with E-state index in [4.69, 9.17) is 14.2 Å². The SMILES string of the molecule is CCOc1ccc(OCC)c(N(C)Cc2ccc(OCC(C)C)cc2)c1. The van der Waals surface area contributed by atoms with Crippen molar-refractivity contribution in [1.29, 1.82) is 0 Å². The van der Waals surface area contributed by atoms with E-state index in [1.165, 1.54) is 5.56 Å². The Morgan fingerprint density at radius 3 is 2.12 bits per heavy atom. The van der Waals surface area contributed by atoms with Crippen molar-refractivity contribution >= 4 is 5.69 Å². The van der Waals surface area contributed by atoms with Crippen LogP contribution >= 0.6 is 0 Å². The number of benzene rings is 2. The third-order valence-electron chi connectivity index (χ3n) is 3.88. The van der Waals surface area contributed by atoms with Gasteiger partial charge in [0.05, 0.1) is 25.5 Å². The highest BCUT2D eigenvalue weighted by atomic mass is 16.5. The Hall–Kier alpha value is -2.36. The molecule has 0 spiro atoms. The lowest BCUT2D eigenvalue weighted by molar-refractivity contribution is 0.271. The number of hydrogen-bond donors (Lipinski definition) is 0. The summed E-state index contributed by atoms with van der Waals surface area (Å²) >= 11 is 0. The lowest BCUT2D eigenvalue weighted by Gasteiger charge is -2.23. The first-order valence-electron chi connectivity index (χ1n) is 9.36. The first-order chi connectivity index (χ1) is 12.5. The highest BCUT2D eigenvalue weighted by Crippen LogP contribution is 2.33. The van der Waals surface area contributed by atoms with Crippen molar-refractivity contribution in [3.05, 3.63) is 48.0 Å². The highest BCUT2D eigenvalue weighted by molar-refractivity contribution is 5.61. The topological polar surface area (TPSA) is 30.9 Å². The van der Waals surface area contributed by atoms with Gasteiger partial charge in [-0.05, 0) is 49.6 Å². The van der Waals surface area contributed by atoms with Crippen LogP contribution in [0.1, 0.15) is 33.3 Å². The van der Waals surface area contributed by atoms with E-state index in [1.807, 2.05) is 44.2 Å². The van der Waals surface area contributed by atoms with Crippen molar-refractivity contribution in [3.63, 3.8) is 0 Å². The van der Waals surface area contributed by atoms with E-state index < -0.39 is 0 Å². The third kappa shape index (κ3) is 5.87. The number of anilines is 1. The molecule has 2 rings (SSSR count). The molecule has 0 aliphatic heterocycles. The van der Waals surface area contributed by atoms with Crippen LogP contribution in [0.4, 0.5) is 5.69 Å². The van der Waals surface area contributed by atoms with Gasteiger partial charge < -0.3 is 19.1 Å². The van der Waals surface area contributed by atoms with Crippen molar-refractivity contribution < 1.29 is 14.2 Å². The van der Waals surface area contributed by atoms with Gasteiger partial charge in [-0.1, -0.05) is 26.0 Å². The smallest absolute Gasteiger partial charge is 0.142 e. The highest BCUT2D eigenvalue weighted by Gasteiger charge is 2.11. The van der Waals surface area contributed by atoms with Crippen LogP contribution in [0.5, 0.6) is 17.2 Å². The van der Waals surface area contributed by atoms with Gasteiger partial charge in [0.1, 0.15) is 17.2 Å². The minimum Gasteiger partial charge on any atom is -0.494 e. The van der Waals surface area contributed by atoms with E-state index in [0.29, 0.717) is 19.1 Å². The minimum absolute atomic E-state index is 0.524. The summed E-state index contributed by atoms with van der Waals surface area (Å²) in [7, 11) is 2.07. The summed E-state index contributed by atoms with van der Waals surface area (Å²) in [6, 6.07) is 14.2. The van der Waals surface area contributed by atoms with Gasteiger partial charge >= 0.3 is 0 Å². The predicted molar refractivity (Wildman–Crippen MR) is 108 cm³/mol. The maximum atomic E-state index is 5.79. The zero-order valence-corrected chi connectivity index (χ0v) is 16.6. The molecular formula is C22H31NO3.